The second kappa shape index (κ2) is 9.00. The molecule has 1 N–H and O–H groups in total. The van der Waals surface area contributed by atoms with Gasteiger partial charge < -0.3 is 14.8 Å². The van der Waals surface area contributed by atoms with Crippen LogP contribution in [0.5, 0.6) is 17.5 Å². The molecule has 0 spiro atoms. The van der Waals surface area contributed by atoms with Gasteiger partial charge in [0, 0.05) is 36.3 Å². The molecule has 0 fully saturated rings. The molecular weight excluding hydrogens is 454 g/mol. The number of hydrogen-bond acceptors (Lipinski definition) is 6. The van der Waals surface area contributed by atoms with Gasteiger partial charge in [0.1, 0.15) is 5.75 Å². The topological polar surface area (TPSA) is 74.1 Å². The predicted molar refractivity (Wildman–Crippen MR) is 117 cm³/mol. The number of nitrogens with one attached hydrogen (secondary N) is 1. The smallest absolute Gasteiger partial charge is 0.416 e. The van der Waals surface area contributed by atoms with E-state index in [1.807, 2.05) is 25.1 Å². The largest absolute Gasteiger partial charge is 0.496 e. The normalized spacial score (nSPS) is 11.4. The Balaban J connectivity index is 1.57. The van der Waals surface area contributed by atoms with Crippen LogP contribution in [0.15, 0.2) is 54.7 Å². The molecule has 0 aliphatic carbocycles. The lowest BCUT2D eigenvalue weighted by Gasteiger charge is -2.11. The molecule has 0 unspecified atom stereocenters. The van der Waals surface area contributed by atoms with Crippen LogP contribution in [0, 0.1) is 12.7 Å². The van der Waals surface area contributed by atoms with E-state index in [1.165, 1.54) is 11.7 Å². The molecule has 0 saturated carbocycles. The lowest BCUT2D eigenvalue weighted by Crippen LogP contribution is -2.06. The van der Waals surface area contributed by atoms with E-state index >= 15 is 0 Å². The molecule has 11 heteroatoms. The van der Waals surface area contributed by atoms with Crippen LogP contribution in [-0.4, -0.2) is 26.9 Å². The van der Waals surface area contributed by atoms with Gasteiger partial charge in [0.15, 0.2) is 11.6 Å². The summed E-state index contributed by atoms with van der Waals surface area (Å²) >= 11 is 0. The lowest BCUT2D eigenvalue weighted by molar-refractivity contribution is -0.137. The van der Waals surface area contributed by atoms with Crippen LogP contribution in [0.4, 0.5) is 29.2 Å². The molecule has 4 aromatic rings. The maximum Gasteiger partial charge on any atom is 0.416 e. The lowest BCUT2D eigenvalue weighted by atomic mass is 10.0. The fourth-order valence-corrected chi connectivity index (χ4v) is 3.22. The first-order chi connectivity index (χ1) is 16.1. The minimum atomic E-state index is -4.64. The minimum absolute atomic E-state index is 0.0967. The number of aromatic nitrogens is 4. The predicted octanol–water partition coefficient (Wildman–Crippen LogP) is 5.89. The zero-order valence-electron chi connectivity index (χ0n) is 18.3. The highest BCUT2D eigenvalue weighted by atomic mass is 19.4. The zero-order valence-corrected chi connectivity index (χ0v) is 18.3. The van der Waals surface area contributed by atoms with Crippen molar-refractivity contribution in [2.45, 2.75) is 13.1 Å². The molecule has 0 radical (unpaired) electrons. The highest BCUT2D eigenvalue weighted by Crippen LogP contribution is 2.35. The summed E-state index contributed by atoms with van der Waals surface area (Å²) in [5, 5.41) is 7.10. The molecule has 176 valence electrons. The van der Waals surface area contributed by atoms with Gasteiger partial charge in [-0.25, -0.2) is 9.07 Å². The number of benzene rings is 2. The van der Waals surface area contributed by atoms with Crippen LogP contribution in [0.1, 0.15) is 11.3 Å². The highest BCUT2D eigenvalue weighted by molar-refractivity contribution is 5.74. The summed E-state index contributed by atoms with van der Waals surface area (Å²) in [6.07, 6.45) is -2.93. The summed E-state index contributed by atoms with van der Waals surface area (Å²) in [4.78, 5) is 8.30. The van der Waals surface area contributed by atoms with Crippen molar-refractivity contribution in [1.29, 1.82) is 0 Å². The van der Waals surface area contributed by atoms with E-state index in [1.54, 1.807) is 25.4 Å². The molecule has 7 nitrogen and oxygen atoms in total. The number of halogens is 4. The van der Waals surface area contributed by atoms with Crippen molar-refractivity contribution >= 4 is 11.6 Å². The monoisotopic (exact) mass is 473 g/mol. The Bertz CT molecular complexity index is 1340. The molecule has 2 heterocycles. The Morgan fingerprint density at radius 1 is 1.00 bits per heavy atom. The van der Waals surface area contributed by atoms with Crippen molar-refractivity contribution in [3.05, 3.63) is 71.8 Å². The molecule has 0 aliphatic rings. The Morgan fingerprint density at radius 2 is 1.79 bits per heavy atom. The third-order valence-corrected chi connectivity index (χ3v) is 4.85. The number of hydrogen-bond donors (Lipinski definition) is 1. The molecule has 2 aromatic carbocycles. The summed E-state index contributed by atoms with van der Waals surface area (Å²) in [5.41, 5.74) is 2.21. The van der Waals surface area contributed by atoms with Crippen molar-refractivity contribution in [2.24, 2.45) is 7.05 Å². The number of ether oxygens (including phenoxy) is 2. The van der Waals surface area contributed by atoms with Gasteiger partial charge in [-0.1, -0.05) is 0 Å². The first-order valence-corrected chi connectivity index (χ1v) is 9.98. The van der Waals surface area contributed by atoms with E-state index in [2.05, 4.69) is 20.4 Å². The molecule has 34 heavy (non-hydrogen) atoms. The van der Waals surface area contributed by atoms with E-state index < -0.39 is 23.3 Å². The van der Waals surface area contributed by atoms with Crippen molar-refractivity contribution < 1.29 is 27.0 Å². The fraction of sp³-hybridized carbons (Fsp3) is 0.174. The number of nitrogens with zero attached hydrogens (tertiary/aromatic N) is 4. The highest BCUT2D eigenvalue weighted by Gasteiger charge is 2.31. The summed E-state index contributed by atoms with van der Waals surface area (Å²) in [6, 6.07) is 10.9. The summed E-state index contributed by atoms with van der Waals surface area (Å²) in [6.45, 7) is 1.89. The first kappa shape index (κ1) is 23.0. The maximum absolute atomic E-state index is 14.0. The zero-order chi connectivity index (χ0) is 24.5. The quantitative estimate of drug-likeness (QED) is 0.352. The number of anilines is 2. The summed E-state index contributed by atoms with van der Waals surface area (Å²) in [5.74, 6) is -0.888. The standard InChI is InChI=1S/C23H19F4N5O2/c1-13-10-14(8-9-28-13)17-6-5-16(12-19(17)33-3)29-21-30-22(32(2)31-21)34-20-11-15(23(25,26)27)4-7-18(20)24/h4-12H,1-3H3,(H,29,31). The van der Waals surface area contributed by atoms with E-state index in [0.717, 1.165) is 16.8 Å². The van der Waals surface area contributed by atoms with Crippen LogP contribution >= 0.6 is 0 Å². The number of alkyl halides is 3. The number of rotatable bonds is 6. The SMILES string of the molecule is COc1cc(Nc2nc(Oc3cc(C(F)(F)F)ccc3F)n(C)n2)ccc1-c1ccnc(C)c1. The maximum atomic E-state index is 14.0. The average Bonchev–Trinajstić information content (AvgIpc) is 3.12. The van der Waals surface area contributed by atoms with E-state index in [0.29, 0.717) is 29.6 Å². The van der Waals surface area contributed by atoms with Crippen LogP contribution < -0.4 is 14.8 Å². The summed E-state index contributed by atoms with van der Waals surface area (Å²) in [7, 11) is 3.01. The van der Waals surface area contributed by atoms with Gasteiger partial charge in [0.25, 0.3) is 0 Å². The van der Waals surface area contributed by atoms with Crippen LogP contribution in [0.25, 0.3) is 11.1 Å². The molecule has 4 rings (SSSR count). The number of pyridine rings is 1. The Hall–Kier alpha value is -4.15. The van der Waals surface area contributed by atoms with Gasteiger partial charge >= 0.3 is 12.2 Å². The summed E-state index contributed by atoms with van der Waals surface area (Å²) < 4.78 is 64.8. The van der Waals surface area contributed by atoms with Gasteiger partial charge in [-0.15, -0.1) is 5.10 Å². The van der Waals surface area contributed by atoms with Crippen LogP contribution in [0.2, 0.25) is 0 Å². The second-order valence-electron chi connectivity index (χ2n) is 7.31. The third kappa shape index (κ3) is 4.92. The number of aryl methyl sites for hydroxylation is 2. The Kier molecular flexibility index (Phi) is 6.10. The van der Waals surface area contributed by atoms with Crippen molar-refractivity contribution in [1.82, 2.24) is 19.7 Å². The van der Waals surface area contributed by atoms with Crippen molar-refractivity contribution in [2.75, 3.05) is 12.4 Å². The Labute approximate surface area is 192 Å². The van der Waals surface area contributed by atoms with Gasteiger partial charge in [-0.3, -0.25) is 4.98 Å². The average molecular weight is 473 g/mol. The van der Waals surface area contributed by atoms with E-state index in [-0.39, 0.29) is 12.0 Å². The van der Waals surface area contributed by atoms with Gasteiger partial charge in [0.2, 0.25) is 5.95 Å². The van der Waals surface area contributed by atoms with E-state index in [4.69, 9.17) is 9.47 Å². The second-order valence-corrected chi connectivity index (χ2v) is 7.31. The first-order valence-electron chi connectivity index (χ1n) is 9.98. The molecular formula is C23H19F4N5O2. The van der Waals surface area contributed by atoms with Gasteiger partial charge in [-0.05, 0) is 55.0 Å². The Morgan fingerprint density at radius 3 is 2.50 bits per heavy atom. The van der Waals surface area contributed by atoms with Crippen LogP contribution in [0.3, 0.4) is 0 Å². The van der Waals surface area contributed by atoms with E-state index in [9.17, 15) is 17.6 Å². The van der Waals surface area contributed by atoms with Crippen LogP contribution in [-0.2, 0) is 13.2 Å². The minimum Gasteiger partial charge on any atom is -0.496 e. The molecule has 0 saturated heterocycles. The third-order valence-electron chi connectivity index (χ3n) is 4.85. The molecule has 2 aromatic heterocycles. The molecule has 0 bridgehead atoms. The molecule has 0 atom stereocenters. The molecule has 0 aliphatic heterocycles. The van der Waals surface area contributed by atoms with Crippen molar-refractivity contribution in [3.8, 4) is 28.6 Å². The fourth-order valence-electron chi connectivity index (χ4n) is 3.22. The van der Waals surface area contributed by atoms with Crippen molar-refractivity contribution in [3.63, 3.8) is 0 Å². The van der Waals surface area contributed by atoms with Gasteiger partial charge in [-0.2, -0.15) is 18.2 Å². The van der Waals surface area contributed by atoms with Gasteiger partial charge in [0.05, 0.1) is 12.7 Å². The molecule has 0 amide bonds. The number of methoxy groups -OCH3 is 1.